The Morgan fingerprint density at radius 1 is 1.23 bits per heavy atom. The molecule has 192 valence electrons. The standard InChI is InChI=1S/C23H32F2N6O4/c1-22(2,3)18(31-11-14(27-29-31)12-6-7-12)21(34)30-10-13(32)8-15(30)20(33)26-23(4,5)17-9-16(19(24)25)35-28-17/h9,11-13,15,18-19,32H,6-8,10H2,1-5H3,(H,26,33)/t13-,15+,18-/m1/s1. The predicted octanol–water partition coefficient (Wildman–Crippen LogP) is 2.68. The largest absolute Gasteiger partial charge is 0.391 e. The number of carbonyl (C=O) groups is 2. The lowest BCUT2D eigenvalue weighted by atomic mass is 9.85. The Morgan fingerprint density at radius 2 is 1.91 bits per heavy atom. The van der Waals surface area contributed by atoms with Crippen LogP contribution in [0, 0.1) is 5.41 Å². The minimum absolute atomic E-state index is 0.00635. The quantitative estimate of drug-likeness (QED) is 0.606. The van der Waals surface area contributed by atoms with E-state index in [0.717, 1.165) is 24.6 Å². The Bertz CT molecular complexity index is 1090. The van der Waals surface area contributed by atoms with Crippen molar-refractivity contribution in [3.63, 3.8) is 0 Å². The van der Waals surface area contributed by atoms with E-state index in [-0.39, 0.29) is 24.6 Å². The second-order valence-electron chi connectivity index (χ2n) is 11.1. The van der Waals surface area contributed by atoms with Gasteiger partial charge in [-0.05, 0) is 32.1 Å². The molecule has 4 rings (SSSR count). The van der Waals surface area contributed by atoms with E-state index in [4.69, 9.17) is 0 Å². The summed E-state index contributed by atoms with van der Waals surface area (Å²) in [5, 5.41) is 25.2. The van der Waals surface area contributed by atoms with E-state index in [0.29, 0.717) is 5.92 Å². The number of aromatic nitrogens is 4. The summed E-state index contributed by atoms with van der Waals surface area (Å²) in [5.74, 6) is -1.09. The van der Waals surface area contributed by atoms with E-state index < -0.39 is 47.2 Å². The van der Waals surface area contributed by atoms with Crippen molar-refractivity contribution in [2.75, 3.05) is 6.54 Å². The molecular weight excluding hydrogens is 462 g/mol. The van der Waals surface area contributed by atoms with E-state index in [1.165, 1.54) is 4.90 Å². The molecule has 2 aliphatic rings. The number of nitrogens with zero attached hydrogens (tertiary/aromatic N) is 5. The zero-order chi connectivity index (χ0) is 25.7. The second-order valence-corrected chi connectivity index (χ2v) is 11.1. The summed E-state index contributed by atoms with van der Waals surface area (Å²) in [5.41, 5.74) is -0.725. The maximum atomic E-state index is 13.8. The van der Waals surface area contributed by atoms with Gasteiger partial charge < -0.3 is 19.8 Å². The molecule has 10 nitrogen and oxygen atoms in total. The Balaban J connectivity index is 1.55. The van der Waals surface area contributed by atoms with Crippen LogP contribution in [0.3, 0.4) is 0 Å². The zero-order valence-electron chi connectivity index (χ0n) is 20.5. The van der Waals surface area contributed by atoms with Crippen LogP contribution in [0.4, 0.5) is 8.78 Å². The average molecular weight is 495 g/mol. The van der Waals surface area contributed by atoms with Crippen LogP contribution in [-0.4, -0.2) is 60.7 Å². The highest BCUT2D eigenvalue weighted by molar-refractivity contribution is 5.90. The number of β-amino-alcohol motifs (C(OH)–C–C–N with tert-alkyl or cyclic N) is 1. The van der Waals surface area contributed by atoms with Crippen LogP contribution < -0.4 is 5.32 Å². The average Bonchev–Trinajstić information content (AvgIpc) is 3.15. The molecule has 0 aromatic carbocycles. The van der Waals surface area contributed by atoms with Crippen molar-refractivity contribution >= 4 is 11.8 Å². The van der Waals surface area contributed by atoms with Crippen LogP contribution in [-0.2, 0) is 15.1 Å². The summed E-state index contributed by atoms with van der Waals surface area (Å²) in [7, 11) is 0. The van der Waals surface area contributed by atoms with Gasteiger partial charge in [0, 0.05) is 31.1 Å². The number of carbonyl (C=O) groups excluding carboxylic acids is 2. The molecule has 2 amide bonds. The number of hydrogen-bond donors (Lipinski definition) is 2. The monoisotopic (exact) mass is 494 g/mol. The maximum Gasteiger partial charge on any atom is 0.298 e. The summed E-state index contributed by atoms with van der Waals surface area (Å²) in [6.07, 6.45) is 0.236. The Labute approximate surface area is 202 Å². The van der Waals surface area contributed by atoms with Crippen LogP contribution in [0.2, 0.25) is 0 Å². The summed E-state index contributed by atoms with van der Waals surface area (Å²) in [4.78, 5) is 28.5. The van der Waals surface area contributed by atoms with Gasteiger partial charge in [-0.25, -0.2) is 13.5 Å². The molecule has 35 heavy (non-hydrogen) atoms. The molecule has 2 aromatic heterocycles. The van der Waals surface area contributed by atoms with E-state index in [1.54, 1.807) is 24.7 Å². The van der Waals surface area contributed by atoms with Gasteiger partial charge in [0.25, 0.3) is 6.43 Å². The van der Waals surface area contributed by atoms with Crippen LogP contribution in [0.1, 0.15) is 89.4 Å². The third kappa shape index (κ3) is 5.21. The molecule has 1 saturated carbocycles. The van der Waals surface area contributed by atoms with Gasteiger partial charge in [0.05, 0.1) is 17.3 Å². The van der Waals surface area contributed by atoms with E-state index in [9.17, 15) is 23.5 Å². The van der Waals surface area contributed by atoms with Crippen molar-refractivity contribution in [1.82, 2.24) is 30.4 Å². The van der Waals surface area contributed by atoms with Crippen molar-refractivity contribution in [2.24, 2.45) is 5.41 Å². The first-order chi connectivity index (χ1) is 16.3. The third-order valence-electron chi connectivity index (χ3n) is 6.53. The number of alkyl halides is 2. The van der Waals surface area contributed by atoms with Gasteiger partial charge in [-0.15, -0.1) is 5.10 Å². The normalized spacial score (nSPS) is 22.0. The second kappa shape index (κ2) is 8.96. The van der Waals surface area contributed by atoms with Crippen LogP contribution in [0.25, 0.3) is 0 Å². The molecule has 0 radical (unpaired) electrons. The molecule has 1 saturated heterocycles. The van der Waals surface area contributed by atoms with Gasteiger partial charge in [0.15, 0.2) is 0 Å². The SMILES string of the molecule is CC(C)(NC(=O)[C@@H]1C[C@@H](O)CN1C(=O)[C@@H](n1cc(C2CC2)nn1)C(C)(C)C)c1cc(C(F)F)on1. The molecule has 2 fully saturated rings. The Morgan fingerprint density at radius 3 is 2.49 bits per heavy atom. The maximum absolute atomic E-state index is 13.8. The fourth-order valence-electron chi connectivity index (χ4n) is 4.47. The highest BCUT2D eigenvalue weighted by atomic mass is 19.3. The fraction of sp³-hybridized carbons (Fsp3) is 0.696. The number of aliphatic hydroxyl groups excluding tert-OH is 1. The fourth-order valence-corrected chi connectivity index (χ4v) is 4.47. The molecule has 2 aromatic rings. The molecule has 1 aliphatic carbocycles. The number of halogens is 2. The molecule has 0 spiro atoms. The van der Waals surface area contributed by atoms with Crippen LogP contribution in [0.15, 0.2) is 16.8 Å². The number of nitrogens with one attached hydrogen (secondary N) is 1. The number of rotatable bonds is 7. The van der Waals surface area contributed by atoms with Crippen molar-refractivity contribution < 1.29 is 28.0 Å². The predicted molar refractivity (Wildman–Crippen MR) is 119 cm³/mol. The highest BCUT2D eigenvalue weighted by Gasteiger charge is 2.46. The van der Waals surface area contributed by atoms with E-state index >= 15 is 0 Å². The zero-order valence-corrected chi connectivity index (χ0v) is 20.5. The molecular formula is C23H32F2N6O4. The summed E-state index contributed by atoms with van der Waals surface area (Å²) < 4.78 is 32.1. The summed E-state index contributed by atoms with van der Waals surface area (Å²) in [6, 6.07) is -0.593. The first-order valence-electron chi connectivity index (χ1n) is 11.8. The molecule has 3 atom stereocenters. The van der Waals surface area contributed by atoms with E-state index in [1.807, 2.05) is 20.8 Å². The van der Waals surface area contributed by atoms with Gasteiger partial charge in [-0.3, -0.25) is 9.59 Å². The first-order valence-corrected chi connectivity index (χ1v) is 11.8. The van der Waals surface area contributed by atoms with Crippen molar-refractivity contribution in [1.29, 1.82) is 0 Å². The molecule has 0 unspecified atom stereocenters. The van der Waals surface area contributed by atoms with Gasteiger partial charge in [0.2, 0.25) is 17.6 Å². The van der Waals surface area contributed by atoms with E-state index in [2.05, 4.69) is 25.3 Å². The molecule has 3 heterocycles. The smallest absolute Gasteiger partial charge is 0.298 e. The highest BCUT2D eigenvalue weighted by Crippen LogP contribution is 2.40. The number of amides is 2. The molecule has 2 N–H and O–H groups in total. The first kappa shape index (κ1) is 25.2. The van der Waals surface area contributed by atoms with Crippen molar-refractivity contribution in [2.45, 2.75) is 90.0 Å². The molecule has 0 bridgehead atoms. The van der Waals surface area contributed by atoms with Crippen LogP contribution in [0.5, 0.6) is 0 Å². The third-order valence-corrected chi connectivity index (χ3v) is 6.53. The topological polar surface area (TPSA) is 126 Å². The lowest BCUT2D eigenvalue weighted by Gasteiger charge is -2.35. The molecule has 1 aliphatic heterocycles. The minimum atomic E-state index is -2.83. The number of hydrogen-bond acceptors (Lipinski definition) is 7. The van der Waals surface area contributed by atoms with Gasteiger partial charge in [0.1, 0.15) is 17.8 Å². The van der Waals surface area contributed by atoms with Gasteiger partial charge in [-0.2, -0.15) is 0 Å². The Hall–Kier alpha value is -2.89. The van der Waals surface area contributed by atoms with Gasteiger partial charge in [-0.1, -0.05) is 31.1 Å². The lowest BCUT2D eigenvalue weighted by molar-refractivity contribution is -0.144. The van der Waals surface area contributed by atoms with Crippen LogP contribution >= 0.6 is 0 Å². The Kier molecular flexibility index (Phi) is 6.45. The number of likely N-dealkylation sites (tertiary alicyclic amines) is 1. The van der Waals surface area contributed by atoms with Crippen molar-refractivity contribution in [3.8, 4) is 0 Å². The molecule has 12 heteroatoms. The summed E-state index contributed by atoms with van der Waals surface area (Å²) >= 11 is 0. The minimum Gasteiger partial charge on any atom is -0.391 e. The summed E-state index contributed by atoms with van der Waals surface area (Å²) in [6.45, 7) is 8.91. The van der Waals surface area contributed by atoms with Gasteiger partial charge >= 0.3 is 0 Å². The number of aliphatic hydroxyl groups is 1. The van der Waals surface area contributed by atoms with Crippen molar-refractivity contribution in [3.05, 3.63) is 29.4 Å². The lowest BCUT2D eigenvalue weighted by Crippen LogP contribution is -2.53.